The number of rotatable bonds is 10. The summed E-state index contributed by atoms with van der Waals surface area (Å²) in [5.41, 5.74) is 0. The Hall–Kier alpha value is -2.91. The molecule has 1 aromatic carbocycles. The standard InChI is InChI=1S/C19H23N5O3S/c1-16-22-18(15-19(23-16)24-11-5-6-12-24)20-9-10-21-28(25,26)14-13-27-17-7-3-2-4-8-17/h2-8,11-12,15,21H,9-10,13-14H2,1H3,(H,20,22,23). The van der Waals surface area contributed by atoms with Crippen LogP contribution >= 0.6 is 0 Å². The van der Waals surface area contributed by atoms with Gasteiger partial charge in [-0.3, -0.25) is 0 Å². The minimum absolute atomic E-state index is 0.0953. The van der Waals surface area contributed by atoms with Crippen LogP contribution in [0.3, 0.4) is 0 Å². The Bertz CT molecular complexity index is 976. The monoisotopic (exact) mass is 401 g/mol. The summed E-state index contributed by atoms with van der Waals surface area (Å²) < 4.78 is 34.0. The molecule has 0 saturated carbocycles. The van der Waals surface area contributed by atoms with Gasteiger partial charge in [-0.15, -0.1) is 0 Å². The largest absolute Gasteiger partial charge is 0.492 e. The van der Waals surface area contributed by atoms with Gasteiger partial charge in [0.15, 0.2) is 0 Å². The Morgan fingerprint density at radius 3 is 2.54 bits per heavy atom. The summed E-state index contributed by atoms with van der Waals surface area (Å²) in [6.45, 7) is 2.56. The van der Waals surface area contributed by atoms with Crippen LogP contribution in [0.15, 0.2) is 60.9 Å². The molecule has 0 spiro atoms. The predicted octanol–water partition coefficient (Wildman–Crippen LogP) is 1.99. The number of ether oxygens (including phenoxy) is 1. The van der Waals surface area contributed by atoms with Crippen molar-refractivity contribution in [1.29, 1.82) is 0 Å². The fourth-order valence-corrected chi connectivity index (χ4v) is 3.38. The van der Waals surface area contributed by atoms with E-state index in [4.69, 9.17) is 4.74 Å². The summed E-state index contributed by atoms with van der Waals surface area (Å²) in [7, 11) is -3.41. The minimum atomic E-state index is -3.41. The van der Waals surface area contributed by atoms with Crippen molar-refractivity contribution < 1.29 is 13.2 Å². The number of anilines is 1. The van der Waals surface area contributed by atoms with Gasteiger partial charge in [-0.1, -0.05) is 18.2 Å². The maximum absolute atomic E-state index is 12.0. The van der Waals surface area contributed by atoms with Crippen molar-refractivity contribution in [2.24, 2.45) is 0 Å². The second-order valence-corrected chi connectivity index (χ2v) is 7.98. The molecule has 28 heavy (non-hydrogen) atoms. The van der Waals surface area contributed by atoms with E-state index in [9.17, 15) is 8.42 Å². The van der Waals surface area contributed by atoms with Gasteiger partial charge in [0.1, 0.15) is 29.8 Å². The van der Waals surface area contributed by atoms with Gasteiger partial charge in [0.25, 0.3) is 0 Å². The smallest absolute Gasteiger partial charge is 0.215 e. The van der Waals surface area contributed by atoms with E-state index in [1.54, 1.807) is 12.1 Å². The number of para-hydroxylation sites is 1. The molecule has 0 aliphatic heterocycles. The zero-order chi connectivity index (χ0) is 19.8. The van der Waals surface area contributed by atoms with Gasteiger partial charge in [-0.05, 0) is 31.2 Å². The van der Waals surface area contributed by atoms with Gasteiger partial charge in [0.05, 0.1) is 5.75 Å². The summed E-state index contributed by atoms with van der Waals surface area (Å²) in [5, 5.41) is 3.12. The Morgan fingerprint density at radius 1 is 1.04 bits per heavy atom. The molecule has 0 radical (unpaired) electrons. The van der Waals surface area contributed by atoms with E-state index in [1.165, 1.54) is 0 Å². The summed E-state index contributed by atoms with van der Waals surface area (Å²) in [6.07, 6.45) is 3.80. The van der Waals surface area contributed by atoms with Gasteiger partial charge in [0.2, 0.25) is 10.0 Å². The maximum atomic E-state index is 12.0. The van der Waals surface area contributed by atoms with E-state index in [0.29, 0.717) is 23.9 Å². The first-order chi connectivity index (χ1) is 13.5. The number of aryl methyl sites for hydroxylation is 1. The van der Waals surface area contributed by atoms with Crippen LogP contribution < -0.4 is 14.8 Å². The molecule has 2 N–H and O–H groups in total. The number of sulfonamides is 1. The first kappa shape index (κ1) is 19.8. The highest BCUT2D eigenvalue weighted by Crippen LogP contribution is 2.11. The van der Waals surface area contributed by atoms with Crippen LogP contribution in [0.25, 0.3) is 5.82 Å². The number of benzene rings is 1. The molecule has 3 rings (SSSR count). The van der Waals surface area contributed by atoms with E-state index < -0.39 is 10.0 Å². The Morgan fingerprint density at radius 2 is 1.79 bits per heavy atom. The number of nitrogens with one attached hydrogen (secondary N) is 2. The van der Waals surface area contributed by atoms with Crippen LogP contribution in [0.4, 0.5) is 5.82 Å². The quantitative estimate of drug-likeness (QED) is 0.504. The van der Waals surface area contributed by atoms with Crippen molar-refractivity contribution in [2.75, 3.05) is 30.8 Å². The molecule has 3 aromatic rings. The highest BCUT2D eigenvalue weighted by molar-refractivity contribution is 7.89. The van der Waals surface area contributed by atoms with E-state index in [1.807, 2.05) is 60.3 Å². The van der Waals surface area contributed by atoms with Crippen LogP contribution in [-0.4, -0.2) is 48.4 Å². The molecular formula is C19H23N5O3S. The number of hydrogen-bond acceptors (Lipinski definition) is 6. The molecule has 0 unspecified atom stereocenters. The summed E-state index contributed by atoms with van der Waals surface area (Å²) >= 11 is 0. The molecule has 8 nitrogen and oxygen atoms in total. The van der Waals surface area contributed by atoms with Gasteiger partial charge in [-0.2, -0.15) is 0 Å². The molecule has 0 bridgehead atoms. The third-order valence-electron chi connectivity index (χ3n) is 3.81. The van der Waals surface area contributed by atoms with Crippen molar-refractivity contribution in [1.82, 2.24) is 19.3 Å². The number of nitrogens with zero attached hydrogens (tertiary/aromatic N) is 3. The lowest BCUT2D eigenvalue weighted by Gasteiger charge is -2.11. The zero-order valence-electron chi connectivity index (χ0n) is 15.6. The summed E-state index contributed by atoms with van der Waals surface area (Å²) in [5.74, 6) is 2.57. The highest BCUT2D eigenvalue weighted by Gasteiger charge is 2.10. The second-order valence-electron chi connectivity index (χ2n) is 6.05. The molecule has 0 saturated heterocycles. The van der Waals surface area contributed by atoms with Crippen molar-refractivity contribution in [3.63, 3.8) is 0 Å². The topological polar surface area (TPSA) is 98.1 Å². The van der Waals surface area contributed by atoms with E-state index in [2.05, 4.69) is 20.0 Å². The number of aromatic nitrogens is 3. The molecule has 2 heterocycles. The lowest BCUT2D eigenvalue weighted by molar-refractivity contribution is 0.340. The maximum Gasteiger partial charge on any atom is 0.215 e. The van der Waals surface area contributed by atoms with Gasteiger partial charge in [0, 0.05) is 31.5 Å². The molecule has 9 heteroatoms. The average molecular weight is 401 g/mol. The fourth-order valence-electron chi connectivity index (χ4n) is 2.52. The molecule has 0 fully saturated rings. The van der Waals surface area contributed by atoms with Gasteiger partial charge < -0.3 is 14.6 Å². The number of hydrogen-bond donors (Lipinski definition) is 2. The lowest BCUT2D eigenvalue weighted by atomic mass is 10.3. The van der Waals surface area contributed by atoms with Crippen LogP contribution in [0.1, 0.15) is 5.82 Å². The average Bonchev–Trinajstić information content (AvgIpc) is 3.20. The van der Waals surface area contributed by atoms with E-state index >= 15 is 0 Å². The minimum Gasteiger partial charge on any atom is -0.492 e. The first-order valence-corrected chi connectivity index (χ1v) is 10.6. The fraction of sp³-hybridized carbons (Fsp3) is 0.263. The summed E-state index contributed by atoms with van der Waals surface area (Å²) in [6, 6.07) is 14.8. The molecule has 2 aromatic heterocycles. The van der Waals surface area contributed by atoms with Crippen molar-refractivity contribution >= 4 is 15.8 Å². The van der Waals surface area contributed by atoms with Gasteiger partial charge >= 0.3 is 0 Å². The predicted molar refractivity (Wildman–Crippen MR) is 108 cm³/mol. The van der Waals surface area contributed by atoms with Crippen LogP contribution in [0, 0.1) is 6.92 Å². The first-order valence-electron chi connectivity index (χ1n) is 8.90. The Labute approximate surface area is 164 Å². The molecule has 0 aliphatic rings. The third-order valence-corrected chi connectivity index (χ3v) is 5.16. The normalized spacial score (nSPS) is 11.3. The lowest BCUT2D eigenvalue weighted by Crippen LogP contribution is -2.32. The zero-order valence-corrected chi connectivity index (χ0v) is 16.4. The van der Waals surface area contributed by atoms with E-state index in [0.717, 1.165) is 5.82 Å². The Kier molecular flexibility index (Phi) is 6.62. The second kappa shape index (κ2) is 9.34. The van der Waals surface area contributed by atoms with Crippen LogP contribution in [-0.2, 0) is 10.0 Å². The van der Waals surface area contributed by atoms with Gasteiger partial charge in [-0.25, -0.2) is 23.1 Å². The molecule has 0 aliphatic carbocycles. The van der Waals surface area contributed by atoms with Crippen molar-refractivity contribution in [3.05, 3.63) is 66.7 Å². The van der Waals surface area contributed by atoms with Crippen LogP contribution in [0.2, 0.25) is 0 Å². The van der Waals surface area contributed by atoms with E-state index in [-0.39, 0.29) is 18.9 Å². The summed E-state index contributed by atoms with van der Waals surface area (Å²) in [4.78, 5) is 8.72. The Balaban J connectivity index is 1.43. The molecule has 148 valence electrons. The molecular weight excluding hydrogens is 378 g/mol. The van der Waals surface area contributed by atoms with Crippen molar-refractivity contribution in [2.45, 2.75) is 6.92 Å². The molecule has 0 amide bonds. The third kappa shape index (κ3) is 6.07. The van der Waals surface area contributed by atoms with Crippen molar-refractivity contribution in [3.8, 4) is 11.6 Å². The molecule has 0 atom stereocenters. The highest BCUT2D eigenvalue weighted by atomic mass is 32.2. The van der Waals surface area contributed by atoms with Crippen LogP contribution in [0.5, 0.6) is 5.75 Å². The SMILES string of the molecule is Cc1nc(NCCNS(=O)(=O)CCOc2ccccc2)cc(-n2cccc2)n1.